The molecule has 1 saturated heterocycles. The largest absolute Gasteiger partial charge is 0.480 e. The Labute approximate surface area is 97.8 Å². The molecule has 3 heteroatoms. The van der Waals surface area contributed by atoms with E-state index in [1.54, 1.807) is 0 Å². The number of rotatable bonds is 2. The lowest BCUT2D eigenvalue weighted by atomic mass is 9.73. The van der Waals surface area contributed by atoms with Crippen LogP contribution in [-0.2, 0) is 4.79 Å². The molecule has 2 aliphatic rings. The number of hydrogen-bond donors (Lipinski definition) is 1. The second-order valence-corrected chi connectivity index (χ2v) is 6.51. The van der Waals surface area contributed by atoms with Crippen molar-refractivity contribution in [3.8, 4) is 0 Å². The number of aliphatic carboxylic acids is 1. The Balaban J connectivity index is 2.02. The van der Waals surface area contributed by atoms with Crippen molar-refractivity contribution in [2.45, 2.75) is 52.0 Å². The van der Waals surface area contributed by atoms with Gasteiger partial charge in [-0.2, -0.15) is 0 Å². The summed E-state index contributed by atoms with van der Waals surface area (Å²) in [4.78, 5) is 13.7. The van der Waals surface area contributed by atoms with Crippen molar-refractivity contribution in [2.75, 3.05) is 13.1 Å². The maximum atomic E-state index is 11.5. The highest BCUT2D eigenvalue weighted by Gasteiger charge is 2.52. The first-order chi connectivity index (χ1) is 7.36. The minimum atomic E-state index is -0.600. The Kier molecular flexibility index (Phi) is 2.77. The van der Waals surface area contributed by atoms with Crippen molar-refractivity contribution < 1.29 is 9.90 Å². The fraction of sp³-hybridized carbons (Fsp3) is 0.923. The molecule has 0 bridgehead atoms. The fourth-order valence-electron chi connectivity index (χ4n) is 3.00. The van der Waals surface area contributed by atoms with Gasteiger partial charge in [0.15, 0.2) is 0 Å². The Hall–Kier alpha value is -0.570. The number of likely N-dealkylation sites (tertiary alicyclic amines) is 1. The highest BCUT2D eigenvalue weighted by molar-refractivity contribution is 5.79. The minimum Gasteiger partial charge on any atom is -0.480 e. The summed E-state index contributed by atoms with van der Waals surface area (Å²) in [6, 6.07) is 0. The standard InChI is InChI=1S/C13H23NO2/c1-12(2,3)10-8-14(9-10)13(11(15)16)6-4-5-7-13/h10H,4-9H2,1-3H3,(H,15,16). The molecule has 0 amide bonds. The molecule has 2 fully saturated rings. The predicted molar refractivity (Wildman–Crippen MR) is 63.4 cm³/mol. The highest BCUT2D eigenvalue weighted by Crippen LogP contribution is 2.43. The number of carboxylic acid groups (broad SMARTS) is 1. The van der Waals surface area contributed by atoms with Crippen LogP contribution in [0.15, 0.2) is 0 Å². The van der Waals surface area contributed by atoms with Crippen LogP contribution >= 0.6 is 0 Å². The van der Waals surface area contributed by atoms with E-state index in [2.05, 4.69) is 25.7 Å². The van der Waals surface area contributed by atoms with E-state index in [0.29, 0.717) is 11.3 Å². The van der Waals surface area contributed by atoms with E-state index in [1.807, 2.05) is 0 Å². The number of hydrogen-bond acceptors (Lipinski definition) is 2. The van der Waals surface area contributed by atoms with Crippen molar-refractivity contribution in [2.24, 2.45) is 11.3 Å². The van der Waals surface area contributed by atoms with Gasteiger partial charge in [0.1, 0.15) is 5.54 Å². The molecule has 16 heavy (non-hydrogen) atoms. The second kappa shape index (κ2) is 3.73. The van der Waals surface area contributed by atoms with E-state index < -0.39 is 11.5 Å². The van der Waals surface area contributed by atoms with Gasteiger partial charge >= 0.3 is 5.97 Å². The highest BCUT2D eigenvalue weighted by atomic mass is 16.4. The molecule has 0 aromatic rings. The molecule has 0 radical (unpaired) electrons. The summed E-state index contributed by atoms with van der Waals surface area (Å²) < 4.78 is 0. The van der Waals surface area contributed by atoms with Gasteiger partial charge in [-0.25, -0.2) is 0 Å². The van der Waals surface area contributed by atoms with Gasteiger partial charge in [0.05, 0.1) is 0 Å². The Morgan fingerprint density at radius 1 is 1.25 bits per heavy atom. The number of carboxylic acids is 1. The van der Waals surface area contributed by atoms with E-state index in [1.165, 1.54) is 0 Å². The maximum Gasteiger partial charge on any atom is 0.324 e. The van der Waals surface area contributed by atoms with Gasteiger partial charge in [0.2, 0.25) is 0 Å². The number of nitrogens with zero attached hydrogens (tertiary/aromatic N) is 1. The zero-order chi connectivity index (χ0) is 12.0. The predicted octanol–water partition coefficient (Wildman–Crippen LogP) is 2.36. The molecule has 0 spiro atoms. The average Bonchev–Trinajstić information content (AvgIpc) is 2.48. The Bertz CT molecular complexity index is 281. The van der Waals surface area contributed by atoms with Crippen LogP contribution in [0.2, 0.25) is 0 Å². The zero-order valence-electron chi connectivity index (χ0n) is 10.6. The van der Waals surface area contributed by atoms with Crippen molar-refractivity contribution in [1.29, 1.82) is 0 Å². The lowest BCUT2D eigenvalue weighted by Gasteiger charge is -2.52. The third kappa shape index (κ3) is 1.75. The van der Waals surface area contributed by atoms with E-state index in [0.717, 1.165) is 38.8 Å². The van der Waals surface area contributed by atoms with Gasteiger partial charge in [0, 0.05) is 13.1 Å². The minimum absolute atomic E-state index is 0.314. The van der Waals surface area contributed by atoms with Crippen LogP contribution in [0, 0.1) is 11.3 Å². The third-order valence-electron chi connectivity index (χ3n) is 4.54. The maximum absolute atomic E-state index is 11.5. The zero-order valence-corrected chi connectivity index (χ0v) is 10.6. The van der Waals surface area contributed by atoms with Gasteiger partial charge in [-0.1, -0.05) is 33.6 Å². The van der Waals surface area contributed by atoms with Gasteiger partial charge in [0.25, 0.3) is 0 Å². The quantitative estimate of drug-likeness (QED) is 0.784. The average molecular weight is 225 g/mol. The summed E-state index contributed by atoms with van der Waals surface area (Å²) in [5.74, 6) is 0.0571. The third-order valence-corrected chi connectivity index (χ3v) is 4.54. The van der Waals surface area contributed by atoms with Crippen LogP contribution < -0.4 is 0 Å². The van der Waals surface area contributed by atoms with Crippen LogP contribution in [0.4, 0.5) is 0 Å². The normalized spacial score (nSPS) is 26.7. The van der Waals surface area contributed by atoms with Crippen LogP contribution in [-0.4, -0.2) is 34.6 Å². The molecular formula is C13H23NO2. The Morgan fingerprint density at radius 2 is 1.75 bits per heavy atom. The second-order valence-electron chi connectivity index (χ2n) is 6.51. The van der Waals surface area contributed by atoms with Crippen LogP contribution in [0.3, 0.4) is 0 Å². The SMILES string of the molecule is CC(C)(C)C1CN(C2(C(=O)O)CCCC2)C1. The molecule has 1 N–H and O–H groups in total. The van der Waals surface area contributed by atoms with Crippen LogP contribution in [0.5, 0.6) is 0 Å². The van der Waals surface area contributed by atoms with Crippen LogP contribution in [0.25, 0.3) is 0 Å². The molecule has 1 heterocycles. The van der Waals surface area contributed by atoms with Gasteiger partial charge in [-0.3, -0.25) is 9.69 Å². The summed E-state index contributed by atoms with van der Waals surface area (Å²) in [5, 5.41) is 9.45. The van der Waals surface area contributed by atoms with E-state index in [9.17, 15) is 9.90 Å². The molecule has 3 nitrogen and oxygen atoms in total. The van der Waals surface area contributed by atoms with Gasteiger partial charge in [-0.05, 0) is 24.2 Å². The summed E-state index contributed by atoms with van der Waals surface area (Å²) in [5.41, 5.74) is -0.198. The first kappa shape index (κ1) is 11.9. The summed E-state index contributed by atoms with van der Waals surface area (Å²) in [6.45, 7) is 8.68. The molecule has 1 saturated carbocycles. The summed E-state index contributed by atoms with van der Waals surface area (Å²) >= 11 is 0. The van der Waals surface area contributed by atoms with E-state index >= 15 is 0 Å². The monoisotopic (exact) mass is 225 g/mol. The molecule has 0 aromatic heterocycles. The van der Waals surface area contributed by atoms with Crippen molar-refractivity contribution in [3.05, 3.63) is 0 Å². The fourth-order valence-corrected chi connectivity index (χ4v) is 3.00. The lowest BCUT2D eigenvalue weighted by molar-refractivity contribution is -0.159. The van der Waals surface area contributed by atoms with E-state index in [-0.39, 0.29) is 0 Å². The molecular weight excluding hydrogens is 202 g/mol. The van der Waals surface area contributed by atoms with Crippen molar-refractivity contribution in [3.63, 3.8) is 0 Å². The number of carbonyl (C=O) groups is 1. The molecule has 0 unspecified atom stereocenters. The Morgan fingerprint density at radius 3 is 2.12 bits per heavy atom. The van der Waals surface area contributed by atoms with Crippen molar-refractivity contribution >= 4 is 5.97 Å². The van der Waals surface area contributed by atoms with Crippen LogP contribution in [0.1, 0.15) is 46.5 Å². The first-order valence-corrected chi connectivity index (χ1v) is 6.35. The summed E-state index contributed by atoms with van der Waals surface area (Å²) in [6.07, 6.45) is 3.84. The summed E-state index contributed by atoms with van der Waals surface area (Å²) in [7, 11) is 0. The molecule has 0 aromatic carbocycles. The topological polar surface area (TPSA) is 40.5 Å². The van der Waals surface area contributed by atoms with Gasteiger partial charge in [-0.15, -0.1) is 0 Å². The van der Waals surface area contributed by atoms with Crippen molar-refractivity contribution in [1.82, 2.24) is 4.90 Å². The molecule has 0 atom stereocenters. The molecule has 92 valence electrons. The molecule has 2 rings (SSSR count). The smallest absolute Gasteiger partial charge is 0.324 e. The molecule has 1 aliphatic heterocycles. The lowest BCUT2D eigenvalue weighted by Crippen LogP contribution is -2.64. The van der Waals surface area contributed by atoms with E-state index in [4.69, 9.17) is 0 Å². The molecule has 1 aliphatic carbocycles. The van der Waals surface area contributed by atoms with Gasteiger partial charge < -0.3 is 5.11 Å². The first-order valence-electron chi connectivity index (χ1n) is 6.35.